The number of rotatable bonds is 6. The minimum Gasteiger partial charge on any atom is -0.454 e. The number of hydrogen-bond donors (Lipinski definition) is 2. The number of fused-ring (bicyclic) bond motifs is 1. The number of aromatic nitrogens is 2. The van der Waals surface area contributed by atoms with Crippen molar-refractivity contribution in [2.75, 3.05) is 6.61 Å². The summed E-state index contributed by atoms with van der Waals surface area (Å²) in [7, 11) is 0. The van der Waals surface area contributed by atoms with E-state index >= 15 is 0 Å². The number of esters is 1. The highest BCUT2D eigenvalue weighted by molar-refractivity contribution is 6.04. The molecule has 0 aliphatic carbocycles. The van der Waals surface area contributed by atoms with Crippen LogP contribution in [0.15, 0.2) is 76.3 Å². The topological polar surface area (TPSA) is 109 Å². The molecule has 0 saturated carbocycles. The van der Waals surface area contributed by atoms with Crippen LogP contribution in [0.5, 0.6) is 0 Å². The molecule has 1 aromatic heterocycles. The van der Waals surface area contributed by atoms with Crippen molar-refractivity contribution in [3.05, 3.63) is 115 Å². The summed E-state index contributed by atoms with van der Waals surface area (Å²) in [6, 6.07) is 20.2. The second kappa shape index (κ2) is 9.08. The largest absolute Gasteiger partial charge is 0.454 e. The molecule has 7 nitrogen and oxygen atoms in total. The molecule has 2 N–H and O–H groups in total. The Morgan fingerprint density at radius 1 is 0.848 bits per heavy atom. The van der Waals surface area contributed by atoms with Crippen molar-refractivity contribution in [3.63, 3.8) is 0 Å². The molecule has 4 rings (SSSR count). The van der Waals surface area contributed by atoms with Crippen LogP contribution in [-0.4, -0.2) is 28.3 Å². The number of H-pyrrole nitrogens is 2. The third-order valence-corrected chi connectivity index (χ3v) is 5.68. The van der Waals surface area contributed by atoms with Crippen molar-refractivity contribution in [1.82, 2.24) is 9.97 Å². The maximum atomic E-state index is 13.2. The van der Waals surface area contributed by atoms with E-state index in [0.717, 1.165) is 16.7 Å². The fraction of sp³-hybridized carbons (Fsp3) is 0.154. The number of aromatic amines is 2. The van der Waals surface area contributed by atoms with E-state index < -0.39 is 29.6 Å². The summed E-state index contributed by atoms with van der Waals surface area (Å²) in [5.74, 6) is -1.62. The lowest BCUT2D eigenvalue weighted by atomic mass is 9.88. The number of benzene rings is 3. The molecule has 0 aliphatic rings. The SMILES string of the molecule is Cc1cc2[nH]c(=O)c(=O)[nH]c2c(C(=O)OCC(=O)C(c2ccccc2)c2ccccc2)c1C. The fourth-order valence-electron chi connectivity index (χ4n) is 3.90. The normalized spacial score (nSPS) is 11.0. The van der Waals surface area contributed by atoms with Crippen LogP contribution < -0.4 is 11.1 Å². The number of carbonyl (C=O) groups is 2. The van der Waals surface area contributed by atoms with Gasteiger partial charge in [0.1, 0.15) is 0 Å². The number of ether oxygens (including phenoxy) is 1. The summed E-state index contributed by atoms with van der Waals surface area (Å²) in [4.78, 5) is 54.8. The maximum absolute atomic E-state index is 13.2. The number of ketones is 1. The van der Waals surface area contributed by atoms with Crippen molar-refractivity contribution >= 4 is 22.8 Å². The van der Waals surface area contributed by atoms with Crippen LogP contribution in [0.2, 0.25) is 0 Å². The monoisotopic (exact) mass is 442 g/mol. The Labute approximate surface area is 189 Å². The first-order chi connectivity index (χ1) is 15.9. The number of carbonyl (C=O) groups excluding carboxylic acids is 2. The molecule has 0 atom stereocenters. The Balaban J connectivity index is 1.66. The molecule has 0 saturated heterocycles. The lowest BCUT2D eigenvalue weighted by molar-refractivity contribution is -0.122. The Bertz CT molecular complexity index is 1410. The highest BCUT2D eigenvalue weighted by Crippen LogP contribution is 2.26. The van der Waals surface area contributed by atoms with Crippen LogP contribution in [0, 0.1) is 13.8 Å². The van der Waals surface area contributed by atoms with Crippen LogP contribution in [0.1, 0.15) is 38.5 Å². The first kappa shape index (κ1) is 22.0. The smallest absolute Gasteiger partial charge is 0.341 e. The first-order valence-electron chi connectivity index (χ1n) is 10.4. The van der Waals surface area contributed by atoms with Gasteiger partial charge in [-0.2, -0.15) is 0 Å². The number of nitrogens with one attached hydrogen (secondary N) is 2. The molecule has 0 bridgehead atoms. The second-order valence-corrected chi connectivity index (χ2v) is 7.82. The van der Waals surface area contributed by atoms with Gasteiger partial charge < -0.3 is 14.7 Å². The van der Waals surface area contributed by atoms with E-state index in [2.05, 4.69) is 9.97 Å². The summed E-state index contributed by atoms with van der Waals surface area (Å²) in [6.07, 6.45) is 0. The standard InChI is InChI=1S/C26H22N2O5/c1-15-13-19-23(28-25(31)24(30)27-19)21(16(15)2)26(32)33-14-20(29)22(17-9-5-3-6-10-17)18-11-7-4-8-12-18/h3-13,22H,14H2,1-2H3,(H,27,30)(H,28,31). The molecule has 0 spiro atoms. The van der Waals surface area contributed by atoms with Crippen LogP contribution >= 0.6 is 0 Å². The van der Waals surface area contributed by atoms with Crippen molar-refractivity contribution in [1.29, 1.82) is 0 Å². The fourth-order valence-corrected chi connectivity index (χ4v) is 3.90. The first-order valence-corrected chi connectivity index (χ1v) is 10.4. The predicted octanol–water partition coefficient (Wildman–Crippen LogP) is 3.39. The molecular formula is C26H22N2O5. The lowest BCUT2D eigenvalue weighted by Crippen LogP contribution is -2.30. The summed E-state index contributed by atoms with van der Waals surface area (Å²) >= 11 is 0. The van der Waals surface area contributed by atoms with E-state index in [4.69, 9.17) is 4.74 Å². The van der Waals surface area contributed by atoms with Gasteiger partial charge in [-0.1, -0.05) is 60.7 Å². The molecule has 0 amide bonds. The molecule has 7 heteroatoms. The van der Waals surface area contributed by atoms with E-state index in [1.54, 1.807) is 19.9 Å². The summed E-state index contributed by atoms with van der Waals surface area (Å²) in [6.45, 7) is 3.05. The molecule has 33 heavy (non-hydrogen) atoms. The van der Waals surface area contributed by atoms with Crippen LogP contribution in [0.4, 0.5) is 0 Å². The van der Waals surface area contributed by atoms with Crippen molar-refractivity contribution in [3.8, 4) is 0 Å². The number of Topliss-reactive ketones (excluding diaryl/α,β-unsaturated/α-hetero) is 1. The predicted molar refractivity (Wildman–Crippen MR) is 125 cm³/mol. The molecule has 0 unspecified atom stereocenters. The lowest BCUT2D eigenvalue weighted by Gasteiger charge is -2.17. The third kappa shape index (κ3) is 4.39. The second-order valence-electron chi connectivity index (χ2n) is 7.82. The third-order valence-electron chi connectivity index (χ3n) is 5.68. The molecule has 3 aromatic carbocycles. The average Bonchev–Trinajstić information content (AvgIpc) is 2.81. The molecule has 166 valence electrons. The highest BCUT2D eigenvalue weighted by Gasteiger charge is 2.25. The van der Waals surface area contributed by atoms with E-state index in [-0.39, 0.29) is 16.9 Å². The maximum Gasteiger partial charge on any atom is 0.341 e. The summed E-state index contributed by atoms with van der Waals surface area (Å²) in [5, 5.41) is 0. The van der Waals surface area contributed by atoms with E-state index in [1.807, 2.05) is 60.7 Å². The molecule has 0 fully saturated rings. The van der Waals surface area contributed by atoms with Gasteiger partial charge in [-0.05, 0) is 42.2 Å². The Hall–Kier alpha value is -4.26. The van der Waals surface area contributed by atoms with Gasteiger partial charge in [0.2, 0.25) is 0 Å². The Morgan fingerprint density at radius 3 is 1.97 bits per heavy atom. The summed E-state index contributed by atoms with van der Waals surface area (Å²) < 4.78 is 5.43. The quantitative estimate of drug-likeness (QED) is 0.351. The minimum absolute atomic E-state index is 0.113. The van der Waals surface area contributed by atoms with Crippen LogP contribution in [0.3, 0.4) is 0 Å². The molecule has 0 aliphatic heterocycles. The van der Waals surface area contributed by atoms with Gasteiger partial charge in [0, 0.05) is 0 Å². The zero-order valence-electron chi connectivity index (χ0n) is 18.2. The van der Waals surface area contributed by atoms with E-state index in [0.29, 0.717) is 11.1 Å². The molecule has 4 aromatic rings. The van der Waals surface area contributed by atoms with E-state index in [1.165, 1.54) is 0 Å². The van der Waals surface area contributed by atoms with Crippen molar-refractivity contribution < 1.29 is 14.3 Å². The zero-order valence-corrected chi connectivity index (χ0v) is 18.2. The van der Waals surface area contributed by atoms with Gasteiger partial charge >= 0.3 is 17.1 Å². The highest BCUT2D eigenvalue weighted by atomic mass is 16.5. The molecule has 0 radical (unpaired) electrons. The van der Waals surface area contributed by atoms with Gasteiger partial charge in [0.05, 0.1) is 22.5 Å². The van der Waals surface area contributed by atoms with Gasteiger partial charge in [-0.3, -0.25) is 14.4 Å². The van der Waals surface area contributed by atoms with Gasteiger partial charge in [-0.15, -0.1) is 0 Å². The molecular weight excluding hydrogens is 420 g/mol. The van der Waals surface area contributed by atoms with Gasteiger partial charge in [0.25, 0.3) is 0 Å². The van der Waals surface area contributed by atoms with Crippen molar-refractivity contribution in [2.45, 2.75) is 19.8 Å². The van der Waals surface area contributed by atoms with Gasteiger partial charge in [-0.25, -0.2) is 4.79 Å². The number of aryl methyl sites for hydroxylation is 1. The minimum atomic E-state index is -0.871. The van der Waals surface area contributed by atoms with Crippen LogP contribution in [0.25, 0.3) is 11.0 Å². The molecule has 1 heterocycles. The van der Waals surface area contributed by atoms with E-state index in [9.17, 15) is 19.2 Å². The van der Waals surface area contributed by atoms with Crippen molar-refractivity contribution in [2.24, 2.45) is 0 Å². The zero-order chi connectivity index (χ0) is 23.5. The average molecular weight is 442 g/mol. The van der Waals surface area contributed by atoms with Crippen LogP contribution in [-0.2, 0) is 9.53 Å². The summed E-state index contributed by atoms with van der Waals surface area (Å²) in [5.41, 5.74) is 1.82. The number of hydrogen-bond acceptors (Lipinski definition) is 5. The Kier molecular flexibility index (Phi) is 6.04. The van der Waals surface area contributed by atoms with Gasteiger partial charge in [0.15, 0.2) is 12.4 Å². The Morgan fingerprint density at radius 2 is 1.39 bits per heavy atom.